The third-order valence-electron chi connectivity index (χ3n) is 3.53. The van der Waals surface area contributed by atoms with Crippen molar-refractivity contribution in [2.24, 2.45) is 0 Å². The van der Waals surface area contributed by atoms with Crippen molar-refractivity contribution in [3.63, 3.8) is 0 Å². The zero-order valence-corrected chi connectivity index (χ0v) is 16.9. The summed E-state index contributed by atoms with van der Waals surface area (Å²) in [6.45, 7) is 4.85. The summed E-state index contributed by atoms with van der Waals surface area (Å²) in [7, 11) is 0. The van der Waals surface area contributed by atoms with Crippen molar-refractivity contribution >= 4 is 37.8 Å². The number of carbonyl (C=O) groups is 1. The van der Waals surface area contributed by atoms with E-state index in [9.17, 15) is 4.79 Å². The molecule has 0 unspecified atom stereocenters. The number of hydrogen-bond donors (Lipinski definition) is 0. The smallest absolute Gasteiger partial charge is 0.343 e. The fourth-order valence-electron chi connectivity index (χ4n) is 2.08. The van der Waals surface area contributed by atoms with Gasteiger partial charge in [-0.2, -0.15) is 0 Å². The minimum Gasteiger partial charge on any atom is -0.492 e. The Morgan fingerprint density at radius 1 is 1.00 bits per heavy atom. The van der Waals surface area contributed by atoms with Gasteiger partial charge in [0, 0.05) is 0 Å². The first-order chi connectivity index (χ1) is 11.5. The number of esters is 1. The van der Waals surface area contributed by atoms with Gasteiger partial charge in [-0.3, -0.25) is 0 Å². The van der Waals surface area contributed by atoms with Crippen LogP contribution in [-0.2, 0) is 6.42 Å². The van der Waals surface area contributed by atoms with Crippen molar-refractivity contribution in [1.29, 1.82) is 0 Å². The van der Waals surface area contributed by atoms with Crippen molar-refractivity contribution in [2.45, 2.75) is 33.1 Å². The summed E-state index contributed by atoms with van der Waals surface area (Å²) in [5, 5.41) is 0. The van der Waals surface area contributed by atoms with Gasteiger partial charge in [0.15, 0.2) is 0 Å². The number of ether oxygens (including phenoxy) is 2. The molecule has 0 N–H and O–H groups in total. The summed E-state index contributed by atoms with van der Waals surface area (Å²) in [4.78, 5) is 12.3. The van der Waals surface area contributed by atoms with Crippen LogP contribution in [0.25, 0.3) is 0 Å². The Morgan fingerprint density at radius 2 is 1.71 bits per heavy atom. The molecule has 0 aliphatic carbocycles. The molecule has 5 heteroatoms. The van der Waals surface area contributed by atoms with Crippen molar-refractivity contribution in [2.75, 3.05) is 6.61 Å². The van der Waals surface area contributed by atoms with Crippen molar-refractivity contribution in [1.82, 2.24) is 0 Å². The van der Waals surface area contributed by atoms with Crippen LogP contribution >= 0.6 is 31.9 Å². The topological polar surface area (TPSA) is 35.5 Å². The Balaban J connectivity index is 2.08. The summed E-state index contributed by atoms with van der Waals surface area (Å²) in [6, 6.07) is 10.9. The van der Waals surface area contributed by atoms with Crippen LogP contribution < -0.4 is 9.47 Å². The number of rotatable bonds is 7. The van der Waals surface area contributed by atoms with Gasteiger partial charge in [-0.1, -0.05) is 26.3 Å². The van der Waals surface area contributed by atoms with E-state index in [1.54, 1.807) is 24.3 Å². The molecule has 0 spiro atoms. The number of benzene rings is 2. The molecule has 0 saturated heterocycles. The van der Waals surface area contributed by atoms with Gasteiger partial charge >= 0.3 is 5.97 Å². The summed E-state index contributed by atoms with van der Waals surface area (Å²) >= 11 is 6.89. The highest BCUT2D eigenvalue weighted by atomic mass is 79.9. The van der Waals surface area contributed by atoms with E-state index in [0.29, 0.717) is 17.9 Å². The van der Waals surface area contributed by atoms with Crippen LogP contribution in [0.15, 0.2) is 45.3 Å². The summed E-state index contributed by atoms with van der Waals surface area (Å²) in [5.41, 5.74) is 1.65. The number of aryl methyl sites for hydroxylation is 1. The van der Waals surface area contributed by atoms with E-state index >= 15 is 0 Å². The van der Waals surface area contributed by atoms with Crippen LogP contribution in [0, 0.1) is 0 Å². The Kier molecular flexibility index (Phi) is 7.31. The zero-order valence-electron chi connectivity index (χ0n) is 13.8. The minimum atomic E-state index is -0.402. The maximum atomic E-state index is 12.3. The second-order valence-corrected chi connectivity index (χ2v) is 7.06. The molecular weight excluding hydrogens is 436 g/mol. The molecular formula is C19H20Br2O3. The van der Waals surface area contributed by atoms with Crippen LogP contribution in [0.3, 0.4) is 0 Å². The van der Waals surface area contributed by atoms with Crippen molar-refractivity contribution in [3.05, 3.63) is 56.5 Å². The van der Waals surface area contributed by atoms with Crippen LogP contribution in [0.4, 0.5) is 0 Å². The lowest BCUT2D eigenvalue weighted by atomic mass is 10.2. The molecule has 0 aliphatic heterocycles. The molecule has 3 nitrogen and oxygen atoms in total. The van der Waals surface area contributed by atoms with E-state index in [1.165, 1.54) is 5.56 Å². The largest absolute Gasteiger partial charge is 0.492 e. The Labute approximate surface area is 159 Å². The summed E-state index contributed by atoms with van der Waals surface area (Å²) < 4.78 is 12.7. The molecule has 0 heterocycles. The number of hydrogen-bond acceptors (Lipinski definition) is 3. The second kappa shape index (κ2) is 9.23. The van der Waals surface area contributed by atoms with Crippen molar-refractivity contribution in [3.8, 4) is 11.5 Å². The van der Waals surface area contributed by atoms with E-state index in [0.717, 1.165) is 34.0 Å². The highest BCUT2D eigenvalue weighted by Crippen LogP contribution is 2.29. The Hall–Kier alpha value is -1.33. The lowest BCUT2D eigenvalue weighted by molar-refractivity contribution is 0.0733. The maximum Gasteiger partial charge on any atom is 0.343 e. The Morgan fingerprint density at radius 3 is 2.33 bits per heavy atom. The standard InChI is InChI=1S/C19H20Br2O3/c1-3-5-10-23-17-9-7-14(12-16(17)21)19(22)24-18-8-6-13(4-2)11-15(18)20/h6-9,11-12H,3-5,10H2,1-2H3. The monoisotopic (exact) mass is 454 g/mol. The average Bonchev–Trinajstić information content (AvgIpc) is 2.58. The normalized spacial score (nSPS) is 10.5. The third kappa shape index (κ3) is 5.08. The van der Waals surface area contributed by atoms with Crippen LogP contribution in [0.2, 0.25) is 0 Å². The molecule has 0 amide bonds. The SMILES string of the molecule is CCCCOc1ccc(C(=O)Oc2ccc(CC)cc2Br)cc1Br. The highest BCUT2D eigenvalue weighted by molar-refractivity contribution is 9.10. The number of carbonyl (C=O) groups excluding carboxylic acids is 1. The van der Waals surface area contributed by atoms with Gasteiger partial charge in [0.25, 0.3) is 0 Å². The first kappa shape index (κ1) is 19.0. The van der Waals surface area contributed by atoms with Crippen LogP contribution in [0.5, 0.6) is 11.5 Å². The van der Waals surface area contributed by atoms with E-state index in [1.807, 2.05) is 12.1 Å². The van der Waals surface area contributed by atoms with E-state index in [4.69, 9.17) is 9.47 Å². The molecule has 2 aromatic rings. The quantitative estimate of drug-likeness (QED) is 0.284. The molecule has 0 aliphatic rings. The first-order valence-corrected chi connectivity index (χ1v) is 9.56. The molecule has 0 saturated carbocycles. The van der Waals surface area contributed by atoms with Crippen LogP contribution in [-0.4, -0.2) is 12.6 Å². The van der Waals surface area contributed by atoms with Gasteiger partial charge in [-0.25, -0.2) is 4.79 Å². The second-order valence-electron chi connectivity index (χ2n) is 5.36. The van der Waals surface area contributed by atoms with Gasteiger partial charge < -0.3 is 9.47 Å². The zero-order chi connectivity index (χ0) is 17.5. The predicted molar refractivity (Wildman–Crippen MR) is 103 cm³/mol. The molecule has 2 aromatic carbocycles. The average molecular weight is 456 g/mol. The van der Waals surface area contributed by atoms with E-state index in [2.05, 4.69) is 45.7 Å². The Bertz CT molecular complexity index is 714. The fourth-order valence-corrected chi connectivity index (χ4v) is 3.08. The minimum absolute atomic E-state index is 0.402. The van der Waals surface area contributed by atoms with Gasteiger partial charge in [0.2, 0.25) is 0 Å². The number of unbranched alkanes of at least 4 members (excludes halogenated alkanes) is 1. The molecule has 0 radical (unpaired) electrons. The number of halogens is 2. The van der Waals surface area contributed by atoms with Gasteiger partial charge in [0.05, 0.1) is 21.1 Å². The van der Waals surface area contributed by atoms with Crippen molar-refractivity contribution < 1.29 is 14.3 Å². The first-order valence-electron chi connectivity index (χ1n) is 7.98. The van der Waals surface area contributed by atoms with Crippen LogP contribution in [0.1, 0.15) is 42.6 Å². The highest BCUT2D eigenvalue weighted by Gasteiger charge is 2.13. The summed E-state index contributed by atoms with van der Waals surface area (Å²) in [6.07, 6.45) is 3.00. The van der Waals surface area contributed by atoms with E-state index < -0.39 is 5.97 Å². The maximum absolute atomic E-state index is 12.3. The summed E-state index contributed by atoms with van der Waals surface area (Å²) in [5.74, 6) is 0.839. The van der Waals surface area contributed by atoms with Gasteiger partial charge in [-0.15, -0.1) is 0 Å². The molecule has 2 rings (SSSR count). The fraction of sp³-hybridized carbons (Fsp3) is 0.316. The molecule has 0 bridgehead atoms. The van der Waals surface area contributed by atoms with Gasteiger partial charge in [0.1, 0.15) is 11.5 Å². The molecule has 0 fully saturated rings. The lowest BCUT2D eigenvalue weighted by Gasteiger charge is -2.10. The van der Waals surface area contributed by atoms with Gasteiger partial charge in [-0.05, 0) is 80.6 Å². The third-order valence-corrected chi connectivity index (χ3v) is 4.77. The predicted octanol–water partition coefficient (Wildman–Crippen LogP) is 6.17. The molecule has 24 heavy (non-hydrogen) atoms. The molecule has 0 atom stereocenters. The van der Waals surface area contributed by atoms with E-state index in [-0.39, 0.29) is 0 Å². The molecule has 0 aromatic heterocycles. The lowest BCUT2D eigenvalue weighted by Crippen LogP contribution is -2.09. The molecule has 128 valence electrons.